The number of imidazole rings is 1. The maximum absolute atomic E-state index is 12.5. The van der Waals surface area contributed by atoms with Gasteiger partial charge >= 0.3 is 0 Å². The number of rotatable bonds is 7. The molecule has 0 spiro atoms. The summed E-state index contributed by atoms with van der Waals surface area (Å²) in [6.07, 6.45) is 6.70. The number of piperidine rings is 1. The molecule has 1 saturated heterocycles. The number of hydrogen-bond donors (Lipinski definition) is 1. The second kappa shape index (κ2) is 9.38. The largest absolute Gasteiger partial charge is 0.352 e. The highest BCUT2D eigenvalue weighted by molar-refractivity contribution is 6.31. The second-order valence-corrected chi connectivity index (χ2v) is 7.73. The Morgan fingerprint density at radius 3 is 2.78 bits per heavy atom. The van der Waals surface area contributed by atoms with E-state index in [1.54, 1.807) is 0 Å². The second-order valence-electron chi connectivity index (χ2n) is 7.32. The van der Waals surface area contributed by atoms with E-state index < -0.39 is 0 Å². The average molecular weight is 389 g/mol. The predicted molar refractivity (Wildman–Crippen MR) is 109 cm³/mol. The summed E-state index contributed by atoms with van der Waals surface area (Å²) in [7, 11) is 0. The summed E-state index contributed by atoms with van der Waals surface area (Å²) in [5, 5.41) is 3.75. The van der Waals surface area contributed by atoms with Crippen molar-refractivity contribution in [3.63, 3.8) is 0 Å². The molecule has 2 aromatic rings. The van der Waals surface area contributed by atoms with Crippen LogP contribution in [0.15, 0.2) is 36.7 Å². The van der Waals surface area contributed by atoms with Crippen molar-refractivity contribution in [2.75, 3.05) is 13.1 Å². The van der Waals surface area contributed by atoms with Crippen LogP contribution >= 0.6 is 11.6 Å². The number of nitrogens with zero attached hydrogens (tertiary/aromatic N) is 3. The highest BCUT2D eigenvalue weighted by Gasteiger charge is 2.27. The number of aromatic nitrogens is 2. The molecule has 0 bridgehead atoms. The van der Waals surface area contributed by atoms with Crippen LogP contribution < -0.4 is 5.32 Å². The molecule has 1 fully saturated rings. The van der Waals surface area contributed by atoms with Gasteiger partial charge in [-0.05, 0) is 44.5 Å². The lowest BCUT2D eigenvalue weighted by molar-refractivity contribution is -0.126. The van der Waals surface area contributed by atoms with Gasteiger partial charge in [0.05, 0.1) is 0 Å². The first-order valence-electron chi connectivity index (χ1n) is 9.83. The van der Waals surface area contributed by atoms with Gasteiger partial charge in [0.25, 0.3) is 0 Å². The maximum atomic E-state index is 12.5. The van der Waals surface area contributed by atoms with Crippen LogP contribution in [0.3, 0.4) is 0 Å². The van der Waals surface area contributed by atoms with E-state index in [1.165, 1.54) is 0 Å². The van der Waals surface area contributed by atoms with Gasteiger partial charge < -0.3 is 9.88 Å². The summed E-state index contributed by atoms with van der Waals surface area (Å²) >= 11 is 6.16. The fraction of sp³-hybridized carbons (Fsp3) is 0.524. The van der Waals surface area contributed by atoms with Crippen molar-refractivity contribution in [2.24, 2.45) is 5.92 Å². The Bertz CT molecular complexity index is 752. The molecule has 1 atom stereocenters. The Kier molecular flexibility index (Phi) is 6.91. The minimum atomic E-state index is 0.0929. The van der Waals surface area contributed by atoms with Crippen molar-refractivity contribution in [3.05, 3.63) is 53.1 Å². The van der Waals surface area contributed by atoms with E-state index in [-0.39, 0.29) is 11.8 Å². The predicted octanol–water partition coefficient (Wildman–Crippen LogP) is 3.52. The van der Waals surface area contributed by atoms with Crippen molar-refractivity contribution >= 4 is 17.5 Å². The van der Waals surface area contributed by atoms with E-state index in [0.717, 1.165) is 50.3 Å². The summed E-state index contributed by atoms with van der Waals surface area (Å²) in [5.74, 6) is 1.37. The molecule has 0 radical (unpaired) electrons. The molecule has 5 nitrogen and oxygen atoms in total. The Balaban J connectivity index is 1.45. The number of carbonyl (C=O) groups excluding carboxylic acids is 1. The van der Waals surface area contributed by atoms with E-state index in [1.807, 2.05) is 30.5 Å². The zero-order valence-corrected chi connectivity index (χ0v) is 17.0. The van der Waals surface area contributed by atoms with E-state index in [0.29, 0.717) is 17.6 Å². The van der Waals surface area contributed by atoms with Gasteiger partial charge in [-0.3, -0.25) is 9.69 Å². The smallest absolute Gasteiger partial charge is 0.223 e. The zero-order valence-electron chi connectivity index (χ0n) is 16.2. The quantitative estimate of drug-likeness (QED) is 0.789. The minimum Gasteiger partial charge on any atom is -0.352 e. The lowest BCUT2D eigenvalue weighted by Gasteiger charge is -2.35. The average Bonchev–Trinajstić information content (AvgIpc) is 3.14. The van der Waals surface area contributed by atoms with Gasteiger partial charge in [0.2, 0.25) is 5.91 Å². The zero-order chi connectivity index (χ0) is 19.2. The number of amides is 1. The number of carbonyl (C=O) groups is 1. The molecular formula is C21H29ClN4O. The highest BCUT2D eigenvalue weighted by Crippen LogP contribution is 2.21. The van der Waals surface area contributed by atoms with Crippen LogP contribution in [-0.2, 0) is 24.3 Å². The van der Waals surface area contributed by atoms with Crippen molar-refractivity contribution in [1.82, 2.24) is 19.8 Å². The van der Waals surface area contributed by atoms with E-state index in [9.17, 15) is 4.79 Å². The molecule has 1 aliphatic heterocycles. The standard InChI is InChI=1S/C21H29ClN4O/c1-3-20-23-10-13-26(20)15-16(2)25-11-8-17(9-12-25)21(27)24-14-18-6-4-5-7-19(18)22/h4-7,10,13,16-17H,3,8-9,11-12,14-15H2,1-2H3,(H,24,27). The molecule has 1 N–H and O–H groups in total. The third-order valence-corrected chi connectivity index (χ3v) is 5.88. The Hall–Kier alpha value is -1.85. The summed E-state index contributed by atoms with van der Waals surface area (Å²) in [6.45, 7) is 7.76. The molecule has 0 aliphatic carbocycles. The summed E-state index contributed by atoms with van der Waals surface area (Å²) in [6, 6.07) is 8.09. The lowest BCUT2D eigenvalue weighted by Crippen LogP contribution is -2.45. The van der Waals surface area contributed by atoms with Gasteiger partial charge in [0.1, 0.15) is 5.82 Å². The van der Waals surface area contributed by atoms with Crippen LogP contribution in [0.2, 0.25) is 5.02 Å². The molecule has 146 valence electrons. The van der Waals surface area contributed by atoms with Gasteiger partial charge in [-0.2, -0.15) is 0 Å². The first kappa shape index (κ1) is 19.9. The highest BCUT2D eigenvalue weighted by atomic mass is 35.5. The number of halogens is 1. The summed E-state index contributed by atoms with van der Waals surface area (Å²) in [5.41, 5.74) is 0.964. The van der Waals surface area contributed by atoms with E-state index in [4.69, 9.17) is 11.6 Å². The minimum absolute atomic E-state index is 0.0929. The van der Waals surface area contributed by atoms with Crippen molar-refractivity contribution in [3.8, 4) is 0 Å². The number of aryl methyl sites for hydroxylation is 1. The molecular weight excluding hydrogens is 360 g/mol. The lowest BCUT2D eigenvalue weighted by atomic mass is 9.95. The fourth-order valence-corrected chi connectivity index (χ4v) is 3.99. The number of hydrogen-bond acceptors (Lipinski definition) is 3. The first-order chi connectivity index (χ1) is 13.1. The fourth-order valence-electron chi connectivity index (χ4n) is 3.79. The molecule has 2 heterocycles. The van der Waals surface area contributed by atoms with Crippen LogP contribution in [0.4, 0.5) is 0 Å². The molecule has 6 heteroatoms. The Labute approximate surface area is 166 Å². The molecule has 1 aromatic carbocycles. The van der Waals surface area contributed by atoms with Gasteiger partial charge in [-0.25, -0.2) is 4.98 Å². The van der Waals surface area contributed by atoms with Gasteiger partial charge in [-0.15, -0.1) is 0 Å². The number of likely N-dealkylation sites (tertiary alicyclic amines) is 1. The molecule has 1 amide bonds. The van der Waals surface area contributed by atoms with Crippen LogP contribution in [0, 0.1) is 5.92 Å². The van der Waals surface area contributed by atoms with Crippen molar-refractivity contribution in [1.29, 1.82) is 0 Å². The topological polar surface area (TPSA) is 50.2 Å². The molecule has 3 rings (SSSR count). The number of benzene rings is 1. The molecule has 1 aliphatic rings. The Morgan fingerprint density at radius 2 is 2.07 bits per heavy atom. The van der Waals surface area contributed by atoms with Crippen LogP contribution in [0.5, 0.6) is 0 Å². The SMILES string of the molecule is CCc1nccn1CC(C)N1CCC(C(=O)NCc2ccccc2Cl)CC1. The Morgan fingerprint density at radius 1 is 1.33 bits per heavy atom. The van der Waals surface area contributed by atoms with Crippen LogP contribution in [-0.4, -0.2) is 39.5 Å². The molecule has 1 unspecified atom stereocenters. The van der Waals surface area contributed by atoms with Gasteiger partial charge in [-0.1, -0.05) is 36.7 Å². The third-order valence-electron chi connectivity index (χ3n) is 5.51. The van der Waals surface area contributed by atoms with Crippen molar-refractivity contribution in [2.45, 2.75) is 52.2 Å². The first-order valence-corrected chi connectivity index (χ1v) is 10.2. The van der Waals surface area contributed by atoms with Gasteiger partial charge in [0.15, 0.2) is 0 Å². The normalized spacial score (nSPS) is 17.0. The van der Waals surface area contributed by atoms with Crippen molar-refractivity contribution < 1.29 is 4.79 Å². The summed E-state index contributed by atoms with van der Waals surface area (Å²) < 4.78 is 2.24. The molecule has 0 saturated carbocycles. The van der Waals surface area contributed by atoms with Gasteiger partial charge in [0, 0.05) is 48.9 Å². The number of nitrogens with one attached hydrogen (secondary N) is 1. The van der Waals surface area contributed by atoms with E-state index in [2.05, 4.69) is 39.8 Å². The van der Waals surface area contributed by atoms with Crippen LogP contribution in [0.25, 0.3) is 0 Å². The van der Waals surface area contributed by atoms with E-state index >= 15 is 0 Å². The third kappa shape index (κ3) is 5.11. The molecule has 27 heavy (non-hydrogen) atoms. The maximum Gasteiger partial charge on any atom is 0.223 e. The molecule has 1 aromatic heterocycles. The van der Waals surface area contributed by atoms with Crippen LogP contribution in [0.1, 0.15) is 38.1 Å². The summed E-state index contributed by atoms with van der Waals surface area (Å²) in [4.78, 5) is 19.4. The monoisotopic (exact) mass is 388 g/mol.